The number of hydrogen-bond donors (Lipinski definition) is 0. The quantitative estimate of drug-likeness (QED) is 0.577. The highest BCUT2D eigenvalue weighted by atomic mass is 16.5. The van der Waals surface area contributed by atoms with Crippen LogP contribution in [0.5, 0.6) is 11.5 Å². The first-order valence-corrected chi connectivity index (χ1v) is 8.24. The standard InChI is InChI=1S/C22H20N2O2/c1-25-21-13-18(16-24-20-11-7-4-8-12-20)22(26-2)14-17(21)15-23-19-9-5-3-6-10-19/h3-16H,1-2H3. The maximum absolute atomic E-state index is 5.52. The summed E-state index contributed by atoms with van der Waals surface area (Å²) in [5.41, 5.74) is 3.43. The molecule has 0 amide bonds. The van der Waals surface area contributed by atoms with Crippen molar-refractivity contribution >= 4 is 23.8 Å². The molecule has 4 heteroatoms. The molecule has 0 unspecified atom stereocenters. The zero-order valence-corrected chi connectivity index (χ0v) is 14.8. The van der Waals surface area contributed by atoms with Crippen LogP contribution >= 0.6 is 0 Å². The predicted molar refractivity (Wildman–Crippen MR) is 107 cm³/mol. The van der Waals surface area contributed by atoms with E-state index in [0.717, 1.165) is 22.5 Å². The fourth-order valence-corrected chi connectivity index (χ4v) is 2.46. The van der Waals surface area contributed by atoms with Gasteiger partial charge in [-0.2, -0.15) is 0 Å². The molecule has 0 saturated carbocycles. The molecule has 0 aliphatic carbocycles. The van der Waals surface area contributed by atoms with Crippen LogP contribution in [-0.4, -0.2) is 26.6 Å². The number of methoxy groups -OCH3 is 2. The molecule has 0 radical (unpaired) electrons. The van der Waals surface area contributed by atoms with Crippen LogP contribution in [0.25, 0.3) is 0 Å². The molecule has 0 N–H and O–H groups in total. The lowest BCUT2D eigenvalue weighted by Gasteiger charge is -2.10. The van der Waals surface area contributed by atoms with Crippen molar-refractivity contribution in [2.45, 2.75) is 0 Å². The third-order valence-corrected chi connectivity index (χ3v) is 3.80. The Morgan fingerprint density at radius 3 is 1.35 bits per heavy atom. The summed E-state index contributed by atoms with van der Waals surface area (Å²) in [6.07, 6.45) is 3.55. The minimum Gasteiger partial charge on any atom is -0.496 e. The molecule has 0 bridgehead atoms. The lowest BCUT2D eigenvalue weighted by molar-refractivity contribution is 0.402. The maximum atomic E-state index is 5.52. The van der Waals surface area contributed by atoms with Crippen molar-refractivity contribution in [3.8, 4) is 11.5 Å². The number of rotatable bonds is 6. The van der Waals surface area contributed by atoms with Crippen LogP contribution in [0, 0.1) is 0 Å². The van der Waals surface area contributed by atoms with Crippen LogP contribution < -0.4 is 9.47 Å². The van der Waals surface area contributed by atoms with Gasteiger partial charge in [0.15, 0.2) is 0 Å². The van der Waals surface area contributed by atoms with Gasteiger partial charge >= 0.3 is 0 Å². The summed E-state index contributed by atoms with van der Waals surface area (Å²) < 4.78 is 11.0. The van der Waals surface area contributed by atoms with Gasteiger partial charge in [-0.25, -0.2) is 0 Å². The van der Waals surface area contributed by atoms with Gasteiger partial charge in [0.1, 0.15) is 11.5 Å². The number of hydrogen-bond acceptors (Lipinski definition) is 4. The molecule has 3 rings (SSSR count). The number of ether oxygens (including phenoxy) is 2. The molecule has 0 aromatic heterocycles. The monoisotopic (exact) mass is 344 g/mol. The molecule has 3 aromatic carbocycles. The van der Waals surface area contributed by atoms with Crippen LogP contribution in [0.2, 0.25) is 0 Å². The van der Waals surface area contributed by atoms with Crippen molar-refractivity contribution in [3.63, 3.8) is 0 Å². The fourth-order valence-electron chi connectivity index (χ4n) is 2.46. The van der Waals surface area contributed by atoms with Gasteiger partial charge in [0.25, 0.3) is 0 Å². The van der Waals surface area contributed by atoms with E-state index >= 15 is 0 Å². The zero-order valence-electron chi connectivity index (χ0n) is 14.8. The molecule has 0 aliphatic rings. The largest absolute Gasteiger partial charge is 0.496 e. The zero-order chi connectivity index (χ0) is 18.2. The summed E-state index contributed by atoms with van der Waals surface area (Å²) in [4.78, 5) is 8.98. The van der Waals surface area contributed by atoms with E-state index in [-0.39, 0.29) is 0 Å². The van der Waals surface area contributed by atoms with Crippen LogP contribution in [-0.2, 0) is 0 Å². The molecular weight excluding hydrogens is 324 g/mol. The predicted octanol–water partition coefficient (Wildman–Crippen LogP) is 5.21. The summed E-state index contributed by atoms with van der Waals surface area (Å²) in [5, 5.41) is 0. The lowest BCUT2D eigenvalue weighted by Crippen LogP contribution is -1.97. The van der Waals surface area contributed by atoms with E-state index in [1.807, 2.05) is 72.8 Å². The molecule has 0 fully saturated rings. The first kappa shape index (κ1) is 17.4. The van der Waals surface area contributed by atoms with E-state index in [9.17, 15) is 0 Å². The third-order valence-electron chi connectivity index (χ3n) is 3.80. The Bertz CT molecular complexity index is 827. The minimum absolute atomic E-state index is 0.708. The molecule has 3 aromatic rings. The fraction of sp³-hybridized carbons (Fsp3) is 0.0909. The first-order valence-electron chi connectivity index (χ1n) is 8.24. The Morgan fingerprint density at radius 2 is 1.00 bits per heavy atom. The van der Waals surface area contributed by atoms with Gasteiger partial charge in [-0.15, -0.1) is 0 Å². The molecular formula is C22H20N2O2. The molecule has 0 spiro atoms. The summed E-state index contributed by atoms with van der Waals surface area (Å²) >= 11 is 0. The van der Waals surface area contributed by atoms with E-state index in [1.165, 1.54) is 0 Å². The Morgan fingerprint density at radius 1 is 0.615 bits per heavy atom. The van der Waals surface area contributed by atoms with Gasteiger partial charge in [-0.3, -0.25) is 9.98 Å². The van der Waals surface area contributed by atoms with Gasteiger partial charge in [-0.1, -0.05) is 36.4 Å². The van der Waals surface area contributed by atoms with E-state index < -0.39 is 0 Å². The SMILES string of the molecule is COc1cc(C=Nc2ccccc2)c(OC)cc1C=Nc1ccccc1. The van der Waals surface area contributed by atoms with Crippen LogP contribution in [0.3, 0.4) is 0 Å². The van der Waals surface area contributed by atoms with Crippen molar-refractivity contribution in [1.29, 1.82) is 0 Å². The number of nitrogens with zero attached hydrogens (tertiary/aromatic N) is 2. The van der Waals surface area contributed by atoms with E-state index in [4.69, 9.17) is 9.47 Å². The summed E-state index contributed by atoms with van der Waals surface area (Å²) in [7, 11) is 3.28. The molecule has 0 atom stereocenters. The smallest absolute Gasteiger partial charge is 0.128 e. The second-order valence-electron chi connectivity index (χ2n) is 5.52. The lowest BCUT2D eigenvalue weighted by atomic mass is 10.1. The van der Waals surface area contributed by atoms with Gasteiger partial charge in [0.2, 0.25) is 0 Å². The average molecular weight is 344 g/mol. The first-order chi connectivity index (χ1) is 12.8. The van der Waals surface area contributed by atoms with E-state index in [0.29, 0.717) is 11.5 Å². The van der Waals surface area contributed by atoms with Crippen LogP contribution in [0.15, 0.2) is 82.8 Å². The molecule has 0 heterocycles. The molecule has 0 saturated heterocycles. The third kappa shape index (κ3) is 4.36. The van der Waals surface area contributed by atoms with Gasteiger partial charge in [-0.05, 0) is 36.4 Å². The Kier molecular flexibility index (Phi) is 5.78. The van der Waals surface area contributed by atoms with Gasteiger partial charge in [0, 0.05) is 23.6 Å². The Balaban J connectivity index is 1.93. The second kappa shape index (κ2) is 8.62. The van der Waals surface area contributed by atoms with Crippen molar-refractivity contribution in [2.75, 3.05) is 14.2 Å². The highest BCUT2D eigenvalue weighted by Gasteiger charge is 2.09. The van der Waals surface area contributed by atoms with Crippen LogP contribution in [0.1, 0.15) is 11.1 Å². The normalized spacial score (nSPS) is 11.2. The van der Waals surface area contributed by atoms with E-state index in [1.54, 1.807) is 26.6 Å². The van der Waals surface area contributed by atoms with Crippen molar-refractivity contribution < 1.29 is 9.47 Å². The van der Waals surface area contributed by atoms with Crippen molar-refractivity contribution in [1.82, 2.24) is 0 Å². The maximum Gasteiger partial charge on any atom is 0.128 e. The molecule has 130 valence electrons. The minimum atomic E-state index is 0.708. The van der Waals surface area contributed by atoms with Crippen molar-refractivity contribution in [3.05, 3.63) is 83.9 Å². The van der Waals surface area contributed by atoms with Crippen molar-refractivity contribution in [2.24, 2.45) is 9.98 Å². The average Bonchev–Trinajstić information content (AvgIpc) is 2.72. The number of benzene rings is 3. The highest BCUT2D eigenvalue weighted by molar-refractivity contribution is 5.92. The Labute approximate surface area is 153 Å². The highest BCUT2D eigenvalue weighted by Crippen LogP contribution is 2.28. The molecule has 0 aliphatic heterocycles. The molecule has 4 nitrogen and oxygen atoms in total. The topological polar surface area (TPSA) is 43.2 Å². The second-order valence-corrected chi connectivity index (χ2v) is 5.52. The summed E-state index contributed by atoms with van der Waals surface area (Å²) in [5.74, 6) is 1.42. The summed E-state index contributed by atoms with van der Waals surface area (Å²) in [6, 6.07) is 23.3. The number of aliphatic imine (C=N–C) groups is 2. The van der Waals surface area contributed by atoms with Crippen LogP contribution in [0.4, 0.5) is 11.4 Å². The number of para-hydroxylation sites is 2. The van der Waals surface area contributed by atoms with Gasteiger partial charge in [0.05, 0.1) is 25.6 Å². The van der Waals surface area contributed by atoms with E-state index in [2.05, 4.69) is 9.98 Å². The molecule has 26 heavy (non-hydrogen) atoms. The van der Waals surface area contributed by atoms with Gasteiger partial charge < -0.3 is 9.47 Å². The Hall–Kier alpha value is -3.40. The summed E-state index contributed by atoms with van der Waals surface area (Å²) in [6.45, 7) is 0.